The molecule has 3 aliphatic heterocycles. The van der Waals surface area contributed by atoms with Crippen LogP contribution in [0.5, 0.6) is 23.0 Å². The molecule has 6 rings (SSSR count). The number of carbonyl (C=O) groups is 1. The van der Waals surface area contributed by atoms with E-state index in [4.69, 9.17) is 18.9 Å². The number of likely N-dealkylation sites (N-methyl/N-ethyl adjacent to an activating group) is 1. The number of hydrogen-bond donors (Lipinski definition) is 1. The van der Waals surface area contributed by atoms with Crippen molar-refractivity contribution in [3.8, 4) is 29.1 Å². The van der Waals surface area contributed by atoms with E-state index in [1.807, 2.05) is 29.6 Å². The van der Waals surface area contributed by atoms with Crippen molar-refractivity contribution in [2.75, 3.05) is 42.0 Å². The Morgan fingerprint density at radius 2 is 1.54 bits per heavy atom. The first-order valence-corrected chi connectivity index (χ1v) is 14.5. The second kappa shape index (κ2) is 10.9. The maximum atomic E-state index is 13.1. The quantitative estimate of drug-likeness (QED) is 0.453. The monoisotopic (exact) mass is 574 g/mol. The van der Waals surface area contributed by atoms with Gasteiger partial charge in [0.25, 0.3) is 5.91 Å². The largest absolute Gasteiger partial charge is 0.493 e. The molecule has 4 heterocycles. The van der Waals surface area contributed by atoms with Crippen molar-refractivity contribution < 1.29 is 23.7 Å². The van der Waals surface area contributed by atoms with Crippen LogP contribution in [0.4, 0.5) is 0 Å². The molecule has 2 bridgehead atoms. The summed E-state index contributed by atoms with van der Waals surface area (Å²) in [6.07, 6.45) is 1.41. The van der Waals surface area contributed by atoms with Gasteiger partial charge in [0.15, 0.2) is 23.0 Å². The summed E-state index contributed by atoms with van der Waals surface area (Å²) in [5.41, 5.74) is 4.52. The van der Waals surface area contributed by atoms with E-state index in [1.165, 1.54) is 22.5 Å². The number of methoxy groups -OCH3 is 4. The number of piperazine rings is 1. The fraction of sp³-hybridized carbons (Fsp3) is 0.419. The maximum absolute atomic E-state index is 13.1. The molecule has 3 aliphatic rings. The first kappa shape index (κ1) is 27.4. The van der Waals surface area contributed by atoms with Gasteiger partial charge in [0.05, 0.1) is 51.5 Å². The average molecular weight is 575 g/mol. The maximum Gasteiger partial charge on any atom is 0.261 e. The van der Waals surface area contributed by atoms with Gasteiger partial charge < -0.3 is 24.3 Å². The van der Waals surface area contributed by atoms with Crippen molar-refractivity contribution in [1.29, 1.82) is 5.26 Å². The molecule has 1 N–H and O–H groups in total. The van der Waals surface area contributed by atoms with Crippen LogP contribution in [0.25, 0.3) is 0 Å². The second-order valence-corrected chi connectivity index (χ2v) is 11.6. The van der Waals surface area contributed by atoms with Crippen molar-refractivity contribution >= 4 is 17.2 Å². The van der Waals surface area contributed by atoms with E-state index in [2.05, 4.69) is 40.4 Å². The number of thiophene rings is 1. The molecule has 41 heavy (non-hydrogen) atoms. The Hall–Kier alpha value is -3.78. The molecule has 0 radical (unpaired) electrons. The van der Waals surface area contributed by atoms with Crippen molar-refractivity contribution in [2.24, 2.45) is 0 Å². The number of ether oxygens (including phenoxy) is 4. The van der Waals surface area contributed by atoms with Crippen molar-refractivity contribution in [3.63, 3.8) is 0 Å². The van der Waals surface area contributed by atoms with Crippen LogP contribution in [0, 0.1) is 11.3 Å². The fourth-order valence-corrected chi connectivity index (χ4v) is 7.71. The minimum atomic E-state index is -0.396. The smallest absolute Gasteiger partial charge is 0.261 e. The van der Waals surface area contributed by atoms with Crippen LogP contribution in [-0.2, 0) is 12.8 Å². The van der Waals surface area contributed by atoms with Gasteiger partial charge in [-0.05, 0) is 77.9 Å². The fourth-order valence-electron chi connectivity index (χ4n) is 7.07. The number of nitrogens with zero attached hydrogens (tertiary/aromatic N) is 3. The molecular weight excluding hydrogens is 540 g/mol. The van der Waals surface area contributed by atoms with Gasteiger partial charge in [-0.25, -0.2) is 0 Å². The summed E-state index contributed by atoms with van der Waals surface area (Å²) < 4.78 is 22.7. The molecule has 2 aromatic carbocycles. The van der Waals surface area contributed by atoms with E-state index in [0.29, 0.717) is 47.3 Å². The van der Waals surface area contributed by atoms with E-state index >= 15 is 0 Å². The summed E-state index contributed by atoms with van der Waals surface area (Å²) in [6, 6.07) is 13.9. The molecule has 10 heteroatoms. The Bertz CT molecular complexity index is 1500. The lowest BCUT2D eigenvalue weighted by molar-refractivity contribution is -0.0708. The minimum absolute atomic E-state index is 0.00454. The Kier molecular flexibility index (Phi) is 7.28. The van der Waals surface area contributed by atoms with Gasteiger partial charge in [-0.3, -0.25) is 14.6 Å². The predicted octanol–water partition coefficient (Wildman–Crippen LogP) is 3.98. The highest BCUT2D eigenvalue weighted by Gasteiger charge is 2.54. The summed E-state index contributed by atoms with van der Waals surface area (Å²) in [6.45, 7) is 0.357. The van der Waals surface area contributed by atoms with E-state index in [0.717, 1.165) is 11.1 Å². The lowest BCUT2D eigenvalue weighted by atomic mass is 9.72. The van der Waals surface area contributed by atoms with Crippen LogP contribution < -0.4 is 24.3 Å². The van der Waals surface area contributed by atoms with Crippen LogP contribution in [0.1, 0.15) is 44.0 Å². The highest BCUT2D eigenvalue weighted by atomic mass is 32.1. The summed E-state index contributed by atoms with van der Waals surface area (Å²) in [5.74, 6) is 2.56. The molecule has 214 valence electrons. The van der Waals surface area contributed by atoms with Crippen LogP contribution in [-0.4, -0.2) is 75.9 Å². The Morgan fingerprint density at radius 1 is 0.951 bits per heavy atom. The van der Waals surface area contributed by atoms with E-state index in [1.54, 1.807) is 28.4 Å². The van der Waals surface area contributed by atoms with Crippen LogP contribution in [0.2, 0.25) is 0 Å². The third kappa shape index (κ3) is 4.40. The molecule has 0 saturated carbocycles. The molecule has 9 nitrogen and oxygen atoms in total. The van der Waals surface area contributed by atoms with Crippen LogP contribution >= 0.6 is 11.3 Å². The number of carbonyl (C=O) groups excluding carboxylic acids is 1. The van der Waals surface area contributed by atoms with Gasteiger partial charge >= 0.3 is 0 Å². The molecule has 1 amide bonds. The lowest BCUT2D eigenvalue weighted by Gasteiger charge is -2.60. The molecule has 1 saturated heterocycles. The second-order valence-electron chi connectivity index (χ2n) is 10.7. The lowest BCUT2D eigenvalue weighted by Crippen LogP contribution is -2.68. The molecule has 3 aromatic rings. The predicted molar refractivity (Wildman–Crippen MR) is 155 cm³/mol. The highest BCUT2D eigenvalue weighted by Crippen LogP contribution is 2.52. The zero-order chi connectivity index (χ0) is 28.8. The molecular formula is C31H34N4O5S. The van der Waals surface area contributed by atoms with Gasteiger partial charge in [-0.1, -0.05) is 6.07 Å². The summed E-state index contributed by atoms with van der Waals surface area (Å²) in [4.78, 5) is 18.4. The number of fused-ring (bicyclic) bond motifs is 7. The van der Waals surface area contributed by atoms with Gasteiger partial charge in [0, 0.05) is 18.6 Å². The summed E-state index contributed by atoms with van der Waals surface area (Å²) >= 11 is 1.41. The molecule has 1 aromatic heterocycles. The number of nitriles is 1. The molecule has 1 fully saturated rings. The standard InChI is InChI=1S/C31H34N4O5S/c1-34-21-9-18-12-26(38-3)28(40-5)14-20(18)30(34)22-10-17-11-25(37-2)27(39-4)13-19(17)24(35(22)23(21)15-32)16-33-31(36)29-7-6-8-41-29/h6-8,11-14,21-24,30H,9-10,16H2,1-5H3,(H,33,36)/t21-,22-,23-,24-,30+/m0/s1. The van der Waals surface area contributed by atoms with Gasteiger partial charge in [0.2, 0.25) is 0 Å². The van der Waals surface area contributed by atoms with Crippen molar-refractivity contribution in [1.82, 2.24) is 15.1 Å². The normalized spacial score (nSPS) is 24.7. The Balaban J connectivity index is 1.49. The van der Waals surface area contributed by atoms with Crippen LogP contribution in [0.3, 0.4) is 0 Å². The number of hydrogen-bond acceptors (Lipinski definition) is 9. The Morgan fingerprint density at radius 3 is 2.12 bits per heavy atom. The van der Waals surface area contributed by atoms with E-state index < -0.39 is 6.04 Å². The van der Waals surface area contributed by atoms with Gasteiger partial charge in [-0.2, -0.15) is 5.26 Å². The molecule has 0 unspecified atom stereocenters. The molecule has 0 spiro atoms. The number of benzene rings is 2. The third-order valence-electron chi connectivity index (χ3n) is 8.91. The highest BCUT2D eigenvalue weighted by molar-refractivity contribution is 7.12. The van der Waals surface area contributed by atoms with E-state index in [-0.39, 0.29) is 30.1 Å². The van der Waals surface area contributed by atoms with Crippen LogP contribution in [0.15, 0.2) is 41.8 Å². The first-order chi connectivity index (χ1) is 19.9. The topological polar surface area (TPSA) is 96.3 Å². The van der Waals surface area contributed by atoms with Crippen molar-refractivity contribution in [2.45, 2.75) is 43.1 Å². The third-order valence-corrected chi connectivity index (χ3v) is 9.78. The summed E-state index contributed by atoms with van der Waals surface area (Å²) in [7, 11) is 8.69. The molecule has 0 aliphatic carbocycles. The average Bonchev–Trinajstić information content (AvgIpc) is 3.54. The number of rotatable bonds is 7. The first-order valence-electron chi connectivity index (χ1n) is 13.6. The molecule has 5 atom stereocenters. The summed E-state index contributed by atoms with van der Waals surface area (Å²) in [5, 5.41) is 15.7. The minimum Gasteiger partial charge on any atom is -0.493 e. The number of amides is 1. The number of nitrogens with one attached hydrogen (secondary N) is 1. The zero-order valence-corrected chi connectivity index (χ0v) is 24.7. The SMILES string of the molecule is COc1cc2c(cc1OC)[C@@H]1[C@@H]3Cc4cc(OC)c(OC)cc4[C@H](CNC(=O)c4cccs4)N3[C@@H](C#N)[C@H](C2)N1C. The van der Waals surface area contributed by atoms with Gasteiger partial charge in [0.1, 0.15) is 6.04 Å². The zero-order valence-electron chi connectivity index (χ0n) is 23.8. The Labute approximate surface area is 244 Å². The van der Waals surface area contributed by atoms with E-state index in [9.17, 15) is 10.1 Å². The van der Waals surface area contributed by atoms with Crippen molar-refractivity contribution in [3.05, 3.63) is 68.9 Å². The van der Waals surface area contributed by atoms with Gasteiger partial charge in [-0.15, -0.1) is 11.3 Å².